The Morgan fingerprint density at radius 3 is 2.42 bits per heavy atom. The van der Waals surface area contributed by atoms with E-state index in [9.17, 15) is 13.2 Å². The van der Waals surface area contributed by atoms with Gasteiger partial charge in [-0.05, 0) is 17.7 Å². The Hall–Kier alpha value is -2.39. The average molecular weight is 379 g/mol. The van der Waals surface area contributed by atoms with E-state index in [1.807, 2.05) is 12.1 Å². The van der Waals surface area contributed by atoms with E-state index in [0.29, 0.717) is 48.8 Å². The summed E-state index contributed by atoms with van der Waals surface area (Å²) in [5.74, 6) is 1.41. The highest BCUT2D eigenvalue weighted by atomic mass is 32.2. The number of hydrogen-bond acceptors (Lipinski definition) is 7. The number of nitrogens with zero attached hydrogens (tertiary/aromatic N) is 2. The lowest BCUT2D eigenvalue weighted by Gasteiger charge is -2.27. The number of benzene rings is 1. The molecule has 2 heterocycles. The molecule has 2 aromatic rings. The third-order valence-electron chi connectivity index (χ3n) is 4.29. The van der Waals surface area contributed by atoms with E-state index >= 15 is 0 Å². The smallest absolute Gasteiger partial charge is 0.256 e. The van der Waals surface area contributed by atoms with Crippen LogP contribution in [0, 0.1) is 0 Å². The van der Waals surface area contributed by atoms with Gasteiger partial charge in [0.15, 0.2) is 0 Å². The molecule has 8 nitrogen and oxygen atoms in total. The van der Waals surface area contributed by atoms with Crippen molar-refractivity contribution in [3.05, 3.63) is 45.4 Å². The van der Waals surface area contributed by atoms with Gasteiger partial charge in [-0.2, -0.15) is 0 Å². The van der Waals surface area contributed by atoms with Gasteiger partial charge >= 0.3 is 0 Å². The molecular formula is C17H21N3O5S. The lowest BCUT2D eigenvalue weighted by Crippen LogP contribution is -2.36. The predicted octanol–water partition coefficient (Wildman–Crippen LogP) is 0.749. The van der Waals surface area contributed by atoms with Crippen LogP contribution in [0.4, 0.5) is 0 Å². The number of H-pyrrole nitrogens is 1. The third-order valence-corrected chi connectivity index (χ3v) is 5.19. The Morgan fingerprint density at radius 1 is 1.19 bits per heavy atom. The van der Waals surface area contributed by atoms with Gasteiger partial charge in [0.05, 0.1) is 25.5 Å². The number of rotatable bonds is 5. The van der Waals surface area contributed by atoms with Crippen molar-refractivity contribution in [2.75, 3.05) is 27.0 Å². The van der Waals surface area contributed by atoms with Crippen molar-refractivity contribution in [1.29, 1.82) is 0 Å². The minimum atomic E-state index is -3.54. The maximum atomic E-state index is 12.3. The Bertz CT molecular complexity index is 962. The Labute approximate surface area is 151 Å². The lowest BCUT2D eigenvalue weighted by molar-refractivity contribution is 0.240. The third kappa shape index (κ3) is 3.88. The van der Waals surface area contributed by atoms with Crippen LogP contribution in [0.5, 0.6) is 11.5 Å². The zero-order valence-electron chi connectivity index (χ0n) is 14.9. The van der Waals surface area contributed by atoms with E-state index in [0.717, 1.165) is 11.8 Å². The number of ether oxygens (including phenoxy) is 2. The highest BCUT2D eigenvalue weighted by molar-refractivity contribution is 7.90. The molecule has 0 spiro atoms. The second-order valence-corrected chi connectivity index (χ2v) is 8.18. The molecule has 1 aromatic heterocycles. The van der Waals surface area contributed by atoms with Gasteiger partial charge in [-0.15, -0.1) is 0 Å². The van der Waals surface area contributed by atoms with E-state index in [-0.39, 0.29) is 5.16 Å². The second-order valence-electron chi connectivity index (χ2n) is 6.25. The number of aromatic nitrogens is 2. The molecule has 0 bridgehead atoms. The molecule has 1 N–H and O–H groups in total. The molecule has 1 aliphatic rings. The number of sulfone groups is 1. The van der Waals surface area contributed by atoms with E-state index in [2.05, 4.69) is 14.9 Å². The van der Waals surface area contributed by atoms with Crippen LogP contribution in [0.1, 0.15) is 16.8 Å². The van der Waals surface area contributed by atoms with Gasteiger partial charge in [0.1, 0.15) is 11.5 Å². The van der Waals surface area contributed by atoms with Crippen LogP contribution < -0.4 is 15.0 Å². The van der Waals surface area contributed by atoms with Crippen LogP contribution in [-0.2, 0) is 29.3 Å². The Morgan fingerprint density at radius 2 is 1.85 bits per heavy atom. The minimum absolute atomic E-state index is 0.271. The number of aromatic amines is 1. The molecule has 0 aliphatic carbocycles. The minimum Gasteiger partial charge on any atom is -0.497 e. The van der Waals surface area contributed by atoms with Crippen molar-refractivity contribution in [2.24, 2.45) is 0 Å². The van der Waals surface area contributed by atoms with Crippen LogP contribution in [0.25, 0.3) is 0 Å². The molecule has 140 valence electrons. The first-order valence-corrected chi connectivity index (χ1v) is 9.95. The van der Waals surface area contributed by atoms with Gasteiger partial charge in [0.2, 0.25) is 15.0 Å². The maximum absolute atomic E-state index is 12.3. The lowest BCUT2D eigenvalue weighted by atomic mass is 10.1. The van der Waals surface area contributed by atoms with Crippen molar-refractivity contribution in [2.45, 2.75) is 24.7 Å². The molecule has 9 heteroatoms. The first-order chi connectivity index (χ1) is 12.3. The summed E-state index contributed by atoms with van der Waals surface area (Å²) >= 11 is 0. The molecule has 0 unspecified atom stereocenters. The first kappa shape index (κ1) is 18.4. The summed E-state index contributed by atoms with van der Waals surface area (Å²) in [6.07, 6.45) is 1.55. The first-order valence-electron chi connectivity index (χ1n) is 8.06. The zero-order chi connectivity index (χ0) is 18.9. The molecule has 26 heavy (non-hydrogen) atoms. The maximum Gasteiger partial charge on any atom is 0.256 e. The van der Waals surface area contributed by atoms with Crippen LogP contribution in [0.3, 0.4) is 0 Å². The molecule has 1 aromatic carbocycles. The van der Waals surface area contributed by atoms with Crippen molar-refractivity contribution in [1.82, 2.24) is 14.9 Å². The molecule has 0 radical (unpaired) electrons. The van der Waals surface area contributed by atoms with Gasteiger partial charge in [-0.1, -0.05) is 0 Å². The highest BCUT2D eigenvalue weighted by Gasteiger charge is 2.23. The largest absolute Gasteiger partial charge is 0.497 e. The van der Waals surface area contributed by atoms with Crippen LogP contribution in [-0.4, -0.2) is 50.3 Å². The summed E-state index contributed by atoms with van der Waals surface area (Å²) in [6, 6.07) is 5.65. The number of hydrogen-bond donors (Lipinski definition) is 1. The highest BCUT2D eigenvalue weighted by Crippen LogP contribution is 2.25. The molecule has 3 rings (SSSR count). The van der Waals surface area contributed by atoms with Gasteiger partial charge in [0, 0.05) is 38.4 Å². The van der Waals surface area contributed by atoms with E-state index in [1.165, 1.54) is 0 Å². The van der Waals surface area contributed by atoms with E-state index < -0.39 is 15.4 Å². The summed E-state index contributed by atoms with van der Waals surface area (Å²) in [6.45, 7) is 1.69. The summed E-state index contributed by atoms with van der Waals surface area (Å²) in [5, 5.41) is -0.271. The zero-order valence-corrected chi connectivity index (χ0v) is 15.7. The number of nitrogens with one attached hydrogen (secondary N) is 1. The molecule has 0 saturated carbocycles. The van der Waals surface area contributed by atoms with Crippen molar-refractivity contribution in [3.8, 4) is 11.5 Å². The summed E-state index contributed by atoms with van der Waals surface area (Å²) < 4.78 is 33.8. The fraction of sp³-hybridized carbons (Fsp3) is 0.412. The molecule has 1 aliphatic heterocycles. The van der Waals surface area contributed by atoms with E-state index in [4.69, 9.17) is 9.47 Å². The summed E-state index contributed by atoms with van der Waals surface area (Å²) in [7, 11) is -0.349. The standard InChI is InChI=1S/C17H21N3O5S/c1-24-12-6-11(7-13(8-12)25-2)9-20-5-4-15-14(10-20)16(21)19-17(18-15)26(3,22)23/h6-8H,4-5,9-10H2,1-3H3,(H,18,19,21). The van der Waals surface area contributed by atoms with Crippen LogP contribution >= 0.6 is 0 Å². The number of methoxy groups -OCH3 is 2. The monoisotopic (exact) mass is 379 g/mol. The van der Waals surface area contributed by atoms with E-state index in [1.54, 1.807) is 20.3 Å². The van der Waals surface area contributed by atoms with Crippen LogP contribution in [0.15, 0.2) is 28.2 Å². The molecule has 0 fully saturated rings. The molecule has 0 saturated heterocycles. The fourth-order valence-electron chi connectivity index (χ4n) is 2.98. The van der Waals surface area contributed by atoms with Gasteiger partial charge in [-0.3, -0.25) is 14.7 Å². The summed E-state index contributed by atoms with van der Waals surface area (Å²) in [4.78, 5) is 20.9. The van der Waals surface area contributed by atoms with Crippen molar-refractivity contribution >= 4 is 9.84 Å². The topological polar surface area (TPSA) is 102 Å². The Balaban J connectivity index is 1.84. The van der Waals surface area contributed by atoms with Crippen LogP contribution in [0.2, 0.25) is 0 Å². The molecular weight excluding hydrogens is 358 g/mol. The normalized spacial score (nSPS) is 14.7. The van der Waals surface area contributed by atoms with Gasteiger partial charge in [0.25, 0.3) is 5.56 Å². The second kappa shape index (κ2) is 7.08. The SMILES string of the molecule is COc1cc(CN2CCc3nc(S(C)(=O)=O)[nH]c(=O)c3C2)cc(OC)c1. The van der Waals surface area contributed by atoms with Gasteiger partial charge < -0.3 is 9.47 Å². The average Bonchev–Trinajstić information content (AvgIpc) is 2.60. The Kier molecular flexibility index (Phi) is 5.01. The predicted molar refractivity (Wildman–Crippen MR) is 95.3 cm³/mol. The summed E-state index contributed by atoms with van der Waals surface area (Å²) in [5.41, 5.74) is 1.66. The van der Waals surface area contributed by atoms with Gasteiger partial charge in [-0.25, -0.2) is 13.4 Å². The molecule has 0 amide bonds. The van der Waals surface area contributed by atoms with Crippen molar-refractivity contribution in [3.63, 3.8) is 0 Å². The fourth-order valence-corrected chi connectivity index (χ4v) is 3.54. The number of fused-ring (bicyclic) bond motifs is 1. The quantitative estimate of drug-likeness (QED) is 0.765. The molecule has 0 atom stereocenters. The van der Waals surface area contributed by atoms with Crippen molar-refractivity contribution < 1.29 is 17.9 Å².